The van der Waals surface area contributed by atoms with Gasteiger partial charge in [-0.3, -0.25) is 14.2 Å². The molecule has 1 aliphatic rings. The summed E-state index contributed by atoms with van der Waals surface area (Å²) >= 11 is 0. The van der Waals surface area contributed by atoms with Crippen molar-refractivity contribution in [2.75, 3.05) is 13.2 Å². The first-order valence-electron chi connectivity index (χ1n) is 11.4. The lowest BCUT2D eigenvalue weighted by Gasteiger charge is -2.14. The van der Waals surface area contributed by atoms with Gasteiger partial charge in [-0.1, -0.05) is 18.2 Å². The van der Waals surface area contributed by atoms with E-state index in [1.54, 1.807) is 18.2 Å². The van der Waals surface area contributed by atoms with Crippen LogP contribution in [0.25, 0.3) is 5.69 Å². The van der Waals surface area contributed by atoms with Crippen molar-refractivity contribution >= 4 is 5.91 Å². The van der Waals surface area contributed by atoms with Crippen LogP contribution in [0, 0.1) is 13.8 Å². The molecule has 1 saturated heterocycles. The number of benzene rings is 2. The van der Waals surface area contributed by atoms with Gasteiger partial charge >= 0.3 is 11.9 Å². The topological polar surface area (TPSA) is 95.2 Å². The Balaban J connectivity index is 1.76. The van der Waals surface area contributed by atoms with Crippen LogP contribution in [0.15, 0.2) is 52.1 Å². The Labute approximate surface area is 204 Å². The number of hydrogen-bond donors (Lipinski definition) is 1. The molecule has 190 valence electrons. The quantitative estimate of drug-likeness (QED) is 0.559. The van der Waals surface area contributed by atoms with Gasteiger partial charge in [0.05, 0.1) is 23.9 Å². The number of nitrogens with zero attached hydrogens (tertiary/aromatic N) is 3. The Morgan fingerprint density at radius 2 is 1.83 bits per heavy atom. The van der Waals surface area contributed by atoms with Crippen LogP contribution in [0.4, 0.5) is 13.2 Å². The van der Waals surface area contributed by atoms with E-state index >= 15 is 0 Å². The first kappa shape index (κ1) is 25.4. The third-order valence-electron chi connectivity index (χ3n) is 6.15. The van der Waals surface area contributed by atoms with E-state index in [1.807, 2.05) is 13.8 Å². The zero-order valence-electron chi connectivity index (χ0n) is 19.8. The number of hydrogen-bond acceptors (Lipinski definition) is 5. The van der Waals surface area contributed by atoms with Gasteiger partial charge in [0.25, 0.3) is 11.5 Å². The van der Waals surface area contributed by atoms with Gasteiger partial charge in [-0.15, -0.1) is 0 Å². The summed E-state index contributed by atoms with van der Waals surface area (Å²) in [6.45, 7) is 4.18. The molecular weight excluding hydrogens is 477 g/mol. The number of carbonyl (C=O) groups is 1. The zero-order valence-corrected chi connectivity index (χ0v) is 19.8. The smallest absolute Gasteiger partial charge is 0.376 e. The van der Waals surface area contributed by atoms with Crippen LogP contribution in [0.5, 0.6) is 0 Å². The third-order valence-corrected chi connectivity index (χ3v) is 6.15. The molecule has 1 atom stereocenters. The average molecular weight is 502 g/mol. The minimum Gasteiger partial charge on any atom is -0.376 e. The summed E-state index contributed by atoms with van der Waals surface area (Å²) in [6.07, 6.45) is -3.05. The standard InChI is InChI=1S/C25H25F3N4O4/c1-15-5-10-19(12-16(15)2)32-24(35)31(14-17-6-8-18(9-7-17)25(26,27)28)23(34)21(30-32)22(33)29-13-20-4-3-11-36-20/h5-10,12,20H,3-4,11,13-14H2,1-2H3,(H,29,33)/t20-/m1/s1. The lowest BCUT2D eigenvalue weighted by atomic mass is 10.1. The lowest BCUT2D eigenvalue weighted by Crippen LogP contribution is -2.46. The van der Waals surface area contributed by atoms with Gasteiger partial charge in [-0.2, -0.15) is 23.0 Å². The molecule has 2 heterocycles. The van der Waals surface area contributed by atoms with E-state index in [-0.39, 0.29) is 24.8 Å². The van der Waals surface area contributed by atoms with E-state index in [0.717, 1.165) is 45.4 Å². The largest absolute Gasteiger partial charge is 0.416 e. The highest BCUT2D eigenvalue weighted by molar-refractivity contribution is 5.91. The molecule has 36 heavy (non-hydrogen) atoms. The summed E-state index contributed by atoms with van der Waals surface area (Å²) in [5.41, 5.74) is -0.648. The molecule has 0 aliphatic carbocycles. The SMILES string of the molecule is Cc1ccc(-n2nc(C(=O)NC[C@H]3CCCO3)c(=O)n(Cc3ccc(C(F)(F)F)cc3)c2=O)cc1C. The molecule has 4 rings (SSSR count). The molecule has 1 amide bonds. The van der Waals surface area contributed by atoms with Gasteiger partial charge in [0, 0.05) is 13.2 Å². The lowest BCUT2D eigenvalue weighted by molar-refractivity contribution is -0.137. The van der Waals surface area contributed by atoms with Gasteiger partial charge in [0.1, 0.15) is 0 Å². The van der Waals surface area contributed by atoms with Crippen molar-refractivity contribution in [3.8, 4) is 5.69 Å². The second-order valence-corrected chi connectivity index (χ2v) is 8.74. The number of rotatable bonds is 6. The Morgan fingerprint density at radius 1 is 1.11 bits per heavy atom. The second kappa shape index (κ2) is 10.1. The van der Waals surface area contributed by atoms with Gasteiger partial charge in [-0.25, -0.2) is 4.79 Å². The number of ether oxygens (including phenoxy) is 1. The minimum absolute atomic E-state index is 0.172. The minimum atomic E-state index is -4.52. The summed E-state index contributed by atoms with van der Waals surface area (Å²) in [5.74, 6) is -0.769. The van der Waals surface area contributed by atoms with Crippen molar-refractivity contribution < 1.29 is 22.7 Å². The highest BCUT2D eigenvalue weighted by Gasteiger charge is 2.30. The highest BCUT2D eigenvalue weighted by atomic mass is 19.4. The van der Waals surface area contributed by atoms with Crippen LogP contribution in [-0.4, -0.2) is 39.5 Å². The van der Waals surface area contributed by atoms with Gasteiger partial charge in [0.2, 0.25) is 5.69 Å². The fraction of sp³-hybridized carbons (Fsp3) is 0.360. The first-order valence-corrected chi connectivity index (χ1v) is 11.4. The number of amides is 1. The summed E-state index contributed by atoms with van der Waals surface area (Å²) in [5, 5.41) is 6.71. The third kappa shape index (κ3) is 5.40. The van der Waals surface area contributed by atoms with E-state index < -0.39 is 34.6 Å². The summed E-state index contributed by atoms with van der Waals surface area (Å²) < 4.78 is 46.0. The fourth-order valence-electron chi connectivity index (χ4n) is 3.90. The van der Waals surface area contributed by atoms with Gasteiger partial charge < -0.3 is 10.1 Å². The van der Waals surface area contributed by atoms with E-state index in [1.165, 1.54) is 12.1 Å². The molecule has 3 aromatic rings. The maximum absolute atomic E-state index is 13.3. The monoisotopic (exact) mass is 502 g/mol. The molecular formula is C25H25F3N4O4. The van der Waals surface area contributed by atoms with Crippen LogP contribution in [0.3, 0.4) is 0 Å². The van der Waals surface area contributed by atoms with E-state index in [0.29, 0.717) is 12.3 Å². The molecule has 0 unspecified atom stereocenters. The number of alkyl halides is 3. The normalized spacial score (nSPS) is 15.8. The fourth-order valence-corrected chi connectivity index (χ4v) is 3.90. The molecule has 1 aliphatic heterocycles. The molecule has 2 aromatic carbocycles. The van der Waals surface area contributed by atoms with Crippen molar-refractivity contribution in [3.05, 3.63) is 91.3 Å². The summed E-state index contributed by atoms with van der Waals surface area (Å²) in [7, 11) is 0. The van der Waals surface area contributed by atoms with E-state index in [2.05, 4.69) is 10.4 Å². The summed E-state index contributed by atoms with van der Waals surface area (Å²) in [4.78, 5) is 39.4. The van der Waals surface area contributed by atoms with Crippen LogP contribution >= 0.6 is 0 Å². The molecule has 0 saturated carbocycles. The van der Waals surface area contributed by atoms with E-state index in [4.69, 9.17) is 4.74 Å². The number of halogens is 3. The van der Waals surface area contributed by atoms with Crippen LogP contribution in [-0.2, 0) is 17.5 Å². The van der Waals surface area contributed by atoms with Crippen LogP contribution < -0.4 is 16.6 Å². The van der Waals surface area contributed by atoms with Crippen molar-refractivity contribution in [3.63, 3.8) is 0 Å². The predicted molar refractivity (Wildman–Crippen MR) is 125 cm³/mol. The summed E-state index contributed by atoms with van der Waals surface area (Å²) in [6, 6.07) is 9.24. The Kier molecular flexibility index (Phi) is 7.11. The Bertz CT molecular complexity index is 1390. The molecule has 1 aromatic heterocycles. The number of carbonyl (C=O) groups excluding carboxylic acids is 1. The maximum atomic E-state index is 13.3. The van der Waals surface area contributed by atoms with Crippen molar-refractivity contribution in [1.82, 2.24) is 19.7 Å². The molecule has 0 spiro atoms. The van der Waals surface area contributed by atoms with Crippen LogP contribution in [0.1, 0.15) is 45.6 Å². The molecule has 1 fully saturated rings. The maximum Gasteiger partial charge on any atom is 0.416 e. The van der Waals surface area contributed by atoms with Gasteiger partial charge in [-0.05, 0) is 67.6 Å². The van der Waals surface area contributed by atoms with Crippen molar-refractivity contribution in [1.29, 1.82) is 0 Å². The van der Waals surface area contributed by atoms with Crippen molar-refractivity contribution in [2.45, 2.75) is 45.5 Å². The molecule has 1 N–H and O–H groups in total. The average Bonchev–Trinajstić information content (AvgIpc) is 3.36. The van der Waals surface area contributed by atoms with Crippen molar-refractivity contribution in [2.24, 2.45) is 0 Å². The molecule has 0 radical (unpaired) electrons. The molecule has 0 bridgehead atoms. The first-order chi connectivity index (χ1) is 17.0. The highest BCUT2D eigenvalue weighted by Crippen LogP contribution is 2.29. The predicted octanol–water partition coefficient (Wildman–Crippen LogP) is 2.99. The second-order valence-electron chi connectivity index (χ2n) is 8.74. The Hall–Kier alpha value is -3.73. The van der Waals surface area contributed by atoms with Gasteiger partial charge in [0.15, 0.2) is 0 Å². The molecule has 8 nitrogen and oxygen atoms in total. The number of aryl methyl sites for hydroxylation is 2. The van der Waals surface area contributed by atoms with Crippen LogP contribution in [0.2, 0.25) is 0 Å². The Morgan fingerprint density at radius 3 is 2.44 bits per heavy atom. The number of nitrogens with one attached hydrogen (secondary N) is 1. The zero-order chi connectivity index (χ0) is 26.0. The molecule has 11 heteroatoms. The number of aromatic nitrogens is 3. The van der Waals surface area contributed by atoms with E-state index in [9.17, 15) is 27.6 Å².